The summed E-state index contributed by atoms with van der Waals surface area (Å²) in [5.41, 5.74) is 1.13. The number of rotatable bonds is 3. The molecule has 1 fully saturated rings. The molecule has 0 amide bonds. The highest BCUT2D eigenvalue weighted by molar-refractivity contribution is 7.91. The Morgan fingerprint density at radius 1 is 1.19 bits per heavy atom. The number of hydrogen-bond donors (Lipinski definition) is 1. The standard InChI is InChI=1S/C14H16ClN3O2S/c15-13-14(18-12-7-2-1-6-11(12)17-13)21(19,20)9-10-5-3-4-8-16-10/h1-2,6-7,10,16H,3-5,8-9H2. The summed E-state index contributed by atoms with van der Waals surface area (Å²) in [5, 5.41) is 3.06. The zero-order valence-corrected chi connectivity index (χ0v) is 13.0. The lowest BCUT2D eigenvalue weighted by atomic mass is 10.1. The molecular formula is C14H16ClN3O2S. The van der Waals surface area contributed by atoms with Gasteiger partial charge in [-0.1, -0.05) is 30.2 Å². The van der Waals surface area contributed by atoms with Crippen LogP contribution in [0.25, 0.3) is 11.0 Å². The molecule has 1 atom stereocenters. The minimum Gasteiger partial charge on any atom is -0.313 e. The third kappa shape index (κ3) is 3.17. The SMILES string of the molecule is O=S(=O)(CC1CCCCN1)c1nc2ccccc2nc1Cl. The van der Waals surface area contributed by atoms with Gasteiger partial charge in [-0.25, -0.2) is 18.4 Å². The van der Waals surface area contributed by atoms with E-state index < -0.39 is 9.84 Å². The zero-order chi connectivity index (χ0) is 14.9. The van der Waals surface area contributed by atoms with E-state index in [4.69, 9.17) is 11.6 Å². The lowest BCUT2D eigenvalue weighted by Crippen LogP contribution is -2.39. The number of para-hydroxylation sites is 2. The minimum atomic E-state index is -3.55. The van der Waals surface area contributed by atoms with E-state index in [0.717, 1.165) is 25.8 Å². The maximum Gasteiger partial charge on any atom is 0.200 e. The van der Waals surface area contributed by atoms with Crippen LogP contribution in [0.5, 0.6) is 0 Å². The molecule has 0 aliphatic carbocycles. The van der Waals surface area contributed by atoms with Crippen molar-refractivity contribution in [2.24, 2.45) is 0 Å². The average Bonchev–Trinajstić information content (AvgIpc) is 2.47. The molecule has 21 heavy (non-hydrogen) atoms. The van der Waals surface area contributed by atoms with Gasteiger partial charge in [-0.15, -0.1) is 0 Å². The van der Waals surface area contributed by atoms with Gasteiger partial charge in [0.25, 0.3) is 0 Å². The molecule has 1 unspecified atom stereocenters. The lowest BCUT2D eigenvalue weighted by Gasteiger charge is -2.23. The van der Waals surface area contributed by atoms with E-state index in [-0.39, 0.29) is 22.0 Å². The molecule has 1 saturated heterocycles. The predicted octanol–water partition coefficient (Wildman–Crippen LogP) is 2.20. The largest absolute Gasteiger partial charge is 0.313 e. The summed E-state index contributed by atoms with van der Waals surface area (Å²) in [6, 6.07) is 7.06. The van der Waals surface area contributed by atoms with Gasteiger partial charge in [-0.05, 0) is 31.5 Å². The zero-order valence-electron chi connectivity index (χ0n) is 11.4. The van der Waals surface area contributed by atoms with Crippen LogP contribution < -0.4 is 5.32 Å². The van der Waals surface area contributed by atoms with Gasteiger partial charge < -0.3 is 5.32 Å². The minimum absolute atomic E-state index is 0.0136. The van der Waals surface area contributed by atoms with Crippen molar-refractivity contribution in [3.8, 4) is 0 Å². The number of sulfone groups is 1. The molecule has 5 nitrogen and oxygen atoms in total. The number of nitrogens with one attached hydrogen (secondary N) is 1. The normalized spacial score (nSPS) is 19.8. The van der Waals surface area contributed by atoms with Gasteiger partial charge in [0.2, 0.25) is 0 Å². The molecule has 0 radical (unpaired) electrons. The Kier molecular flexibility index (Phi) is 4.10. The van der Waals surface area contributed by atoms with Crippen LogP contribution in [0.1, 0.15) is 19.3 Å². The van der Waals surface area contributed by atoms with Crippen LogP contribution in [0.4, 0.5) is 0 Å². The molecule has 1 aliphatic heterocycles. The molecule has 7 heteroatoms. The number of halogens is 1. The second kappa shape index (κ2) is 5.87. The van der Waals surface area contributed by atoms with Crippen LogP contribution in [-0.2, 0) is 9.84 Å². The maximum absolute atomic E-state index is 12.5. The summed E-state index contributed by atoms with van der Waals surface area (Å²) in [6.07, 6.45) is 3.00. The molecule has 112 valence electrons. The molecule has 0 saturated carbocycles. The molecule has 2 heterocycles. The highest BCUT2D eigenvalue weighted by Crippen LogP contribution is 2.23. The molecule has 0 spiro atoms. The molecule has 2 aromatic rings. The van der Waals surface area contributed by atoms with Crippen molar-refractivity contribution in [3.05, 3.63) is 29.4 Å². The quantitative estimate of drug-likeness (QED) is 0.936. The Balaban J connectivity index is 1.95. The van der Waals surface area contributed by atoms with Crippen molar-refractivity contribution in [2.45, 2.75) is 30.3 Å². The summed E-state index contributed by atoms with van der Waals surface area (Å²) in [7, 11) is -3.55. The van der Waals surface area contributed by atoms with Crippen LogP contribution in [0.3, 0.4) is 0 Å². The third-order valence-corrected chi connectivity index (χ3v) is 5.72. The highest BCUT2D eigenvalue weighted by atomic mass is 35.5. The smallest absolute Gasteiger partial charge is 0.200 e. The van der Waals surface area contributed by atoms with Crippen LogP contribution in [0, 0.1) is 0 Å². The van der Waals surface area contributed by atoms with Gasteiger partial charge in [0, 0.05) is 6.04 Å². The Morgan fingerprint density at radius 3 is 2.57 bits per heavy atom. The van der Waals surface area contributed by atoms with Crippen molar-refractivity contribution in [1.29, 1.82) is 0 Å². The first-order valence-electron chi connectivity index (χ1n) is 6.95. The van der Waals surface area contributed by atoms with Crippen LogP contribution in [0.15, 0.2) is 29.3 Å². The molecule has 1 aliphatic rings. The summed E-state index contributed by atoms with van der Waals surface area (Å²) in [6.45, 7) is 0.858. The summed E-state index contributed by atoms with van der Waals surface area (Å²) < 4.78 is 25.1. The fourth-order valence-corrected chi connectivity index (χ4v) is 4.57. The van der Waals surface area contributed by atoms with Crippen LogP contribution >= 0.6 is 11.6 Å². The second-order valence-corrected chi connectivity index (χ2v) is 7.54. The van der Waals surface area contributed by atoms with Crippen LogP contribution in [0.2, 0.25) is 5.15 Å². The Bertz CT molecular complexity index is 758. The first kappa shape index (κ1) is 14.7. The van der Waals surface area contributed by atoms with Gasteiger partial charge in [0.15, 0.2) is 20.0 Å². The van der Waals surface area contributed by atoms with E-state index in [1.54, 1.807) is 18.2 Å². The predicted molar refractivity (Wildman–Crippen MR) is 82.2 cm³/mol. The van der Waals surface area contributed by atoms with E-state index in [1.165, 1.54) is 0 Å². The number of fused-ring (bicyclic) bond motifs is 1. The highest BCUT2D eigenvalue weighted by Gasteiger charge is 2.27. The molecule has 1 N–H and O–H groups in total. The van der Waals surface area contributed by atoms with Gasteiger partial charge in [-0.3, -0.25) is 0 Å². The summed E-state index contributed by atoms with van der Waals surface area (Å²) in [4.78, 5) is 8.34. The fraction of sp³-hybridized carbons (Fsp3) is 0.429. The first-order chi connectivity index (χ1) is 10.1. The average molecular weight is 326 g/mol. The van der Waals surface area contributed by atoms with E-state index in [9.17, 15) is 8.42 Å². The Labute approximate surface area is 128 Å². The lowest BCUT2D eigenvalue weighted by molar-refractivity contribution is 0.423. The summed E-state index contributed by atoms with van der Waals surface area (Å²) >= 11 is 6.03. The van der Waals surface area contributed by atoms with Crippen molar-refractivity contribution in [3.63, 3.8) is 0 Å². The van der Waals surface area contributed by atoms with Gasteiger partial charge in [-0.2, -0.15) is 0 Å². The third-order valence-electron chi connectivity index (χ3n) is 3.63. The topological polar surface area (TPSA) is 72.0 Å². The first-order valence-corrected chi connectivity index (χ1v) is 8.98. The van der Waals surface area contributed by atoms with Gasteiger partial charge in [0.1, 0.15) is 0 Å². The Morgan fingerprint density at radius 2 is 1.90 bits per heavy atom. The number of hydrogen-bond acceptors (Lipinski definition) is 5. The maximum atomic E-state index is 12.5. The monoisotopic (exact) mass is 325 g/mol. The van der Waals surface area contributed by atoms with E-state index >= 15 is 0 Å². The van der Waals surface area contributed by atoms with Crippen molar-refractivity contribution in [1.82, 2.24) is 15.3 Å². The number of piperidine rings is 1. The number of nitrogens with zero attached hydrogens (tertiary/aromatic N) is 2. The number of aromatic nitrogens is 2. The van der Waals surface area contributed by atoms with Crippen molar-refractivity contribution in [2.75, 3.05) is 12.3 Å². The summed E-state index contributed by atoms with van der Waals surface area (Å²) in [5.74, 6) is 0.0136. The fourth-order valence-electron chi connectivity index (χ4n) is 2.57. The van der Waals surface area contributed by atoms with E-state index in [0.29, 0.717) is 11.0 Å². The second-order valence-electron chi connectivity index (χ2n) is 5.24. The number of benzene rings is 1. The molecular weight excluding hydrogens is 310 g/mol. The van der Waals surface area contributed by atoms with Gasteiger partial charge in [0.05, 0.1) is 16.8 Å². The van der Waals surface area contributed by atoms with E-state index in [2.05, 4.69) is 15.3 Å². The van der Waals surface area contributed by atoms with Gasteiger partial charge >= 0.3 is 0 Å². The van der Waals surface area contributed by atoms with Crippen molar-refractivity contribution >= 4 is 32.5 Å². The Hall–Kier alpha value is -1.24. The van der Waals surface area contributed by atoms with Crippen molar-refractivity contribution < 1.29 is 8.42 Å². The molecule has 1 aromatic carbocycles. The molecule has 0 bridgehead atoms. The molecule has 3 rings (SSSR count). The van der Waals surface area contributed by atoms with E-state index in [1.807, 2.05) is 6.07 Å². The van der Waals surface area contributed by atoms with Crippen LogP contribution in [-0.4, -0.2) is 36.7 Å². The molecule has 1 aromatic heterocycles.